The highest BCUT2D eigenvalue weighted by Gasteiger charge is 2.29. The highest BCUT2D eigenvalue weighted by molar-refractivity contribution is 6.10. The van der Waals surface area contributed by atoms with E-state index in [1.165, 1.54) is 99.3 Å². The Kier molecular flexibility index (Phi) is 8.72. The second-order valence-corrected chi connectivity index (χ2v) is 17.2. The van der Waals surface area contributed by atoms with Gasteiger partial charge < -0.3 is 9.13 Å². The summed E-state index contributed by atoms with van der Waals surface area (Å²) in [6.07, 6.45) is 8.10. The summed E-state index contributed by atoms with van der Waals surface area (Å²) in [7, 11) is 0. The summed E-state index contributed by atoms with van der Waals surface area (Å²) in [5.41, 5.74) is 17.9. The Morgan fingerprint density at radius 1 is 0.349 bits per heavy atom. The molecule has 0 spiro atoms. The number of fused-ring (bicyclic) bond motifs is 6. The molecular weight excluding hydrogens is 761 g/mol. The summed E-state index contributed by atoms with van der Waals surface area (Å²) < 4.78 is 4.93. The Labute approximate surface area is 368 Å². The molecule has 2 heteroatoms. The van der Waals surface area contributed by atoms with E-state index >= 15 is 0 Å². The molecule has 12 rings (SSSR count). The molecule has 1 aliphatic rings. The number of rotatable bonds is 7. The molecule has 11 aromatic rings. The first-order valence-corrected chi connectivity index (χ1v) is 22.0. The maximum atomic E-state index is 2.54. The number of nitrogens with zero attached hydrogens (tertiary/aromatic N) is 2. The van der Waals surface area contributed by atoms with Crippen molar-refractivity contribution in [2.45, 2.75) is 18.9 Å². The molecule has 2 nitrogen and oxygen atoms in total. The van der Waals surface area contributed by atoms with Crippen molar-refractivity contribution in [1.82, 2.24) is 9.13 Å². The molecule has 0 fully saturated rings. The predicted molar refractivity (Wildman–Crippen MR) is 267 cm³/mol. The molecule has 2 heterocycles. The van der Waals surface area contributed by atoms with E-state index in [1.54, 1.807) is 0 Å². The molecular formula is C61H44N2. The molecule has 0 N–H and O–H groups in total. The van der Waals surface area contributed by atoms with Crippen molar-refractivity contribution >= 4 is 49.2 Å². The van der Waals surface area contributed by atoms with Crippen molar-refractivity contribution in [3.05, 3.63) is 242 Å². The minimum atomic E-state index is -0.220. The molecule has 1 unspecified atom stereocenters. The van der Waals surface area contributed by atoms with E-state index in [-0.39, 0.29) is 5.54 Å². The van der Waals surface area contributed by atoms with E-state index in [9.17, 15) is 0 Å². The third-order valence-electron chi connectivity index (χ3n) is 13.2. The lowest BCUT2D eigenvalue weighted by Gasteiger charge is -2.32. The first kappa shape index (κ1) is 36.9. The van der Waals surface area contributed by atoms with Crippen LogP contribution in [0.15, 0.2) is 237 Å². The summed E-state index contributed by atoms with van der Waals surface area (Å²) in [4.78, 5) is 0. The number of benzene rings is 9. The number of allylic oxidation sites excluding steroid dienone is 4. The normalized spacial score (nSPS) is 15.1. The predicted octanol–water partition coefficient (Wildman–Crippen LogP) is 16.3. The van der Waals surface area contributed by atoms with Gasteiger partial charge in [-0.3, -0.25) is 0 Å². The number of para-hydroxylation sites is 4. The standard InChI is InChI=1S/C61H44N2/c1-61(63-59-26-14-10-22-55(59)56-23-11-15-27-60(56)63)34-32-45(33-35-61)49-37-47(43-18-6-3-7-19-43)39-51(41-49)50-38-46(42-16-4-2-5-17-42)36-48(40-50)44-28-30-52(31-29-44)62-57-24-12-8-20-53(57)54-21-9-13-25-58(54)62/h2-34,36-41H,35H2,1H3. The van der Waals surface area contributed by atoms with E-state index in [4.69, 9.17) is 0 Å². The van der Waals surface area contributed by atoms with Crippen LogP contribution in [0.2, 0.25) is 0 Å². The first-order valence-electron chi connectivity index (χ1n) is 22.0. The molecule has 0 bridgehead atoms. The van der Waals surface area contributed by atoms with Crippen LogP contribution < -0.4 is 0 Å². The Bertz CT molecular complexity index is 3480. The quantitative estimate of drug-likeness (QED) is 0.152. The summed E-state index contributed by atoms with van der Waals surface area (Å²) in [5.74, 6) is 0. The lowest BCUT2D eigenvalue weighted by molar-refractivity contribution is 0.438. The fourth-order valence-electron chi connectivity index (χ4n) is 10.1. The topological polar surface area (TPSA) is 9.86 Å². The van der Waals surface area contributed by atoms with Crippen LogP contribution >= 0.6 is 0 Å². The van der Waals surface area contributed by atoms with Crippen molar-refractivity contribution in [3.8, 4) is 50.2 Å². The maximum Gasteiger partial charge on any atom is 0.0643 e. The molecule has 2 aromatic heterocycles. The highest BCUT2D eigenvalue weighted by Crippen LogP contribution is 2.42. The molecule has 0 amide bonds. The summed E-state index contributed by atoms with van der Waals surface area (Å²) in [6.45, 7) is 2.37. The number of aromatic nitrogens is 2. The maximum absolute atomic E-state index is 2.54. The first-order chi connectivity index (χ1) is 31.1. The molecule has 0 radical (unpaired) electrons. The van der Waals surface area contributed by atoms with Gasteiger partial charge in [0.2, 0.25) is 0 Å². The van der Waals surface area contributed by atoms with Gasteiger partial charge in [0.05, 0.1) is 16.6 Å². The lowest BCUT2D eigenvalue weighted by Crippen LogP contribution is -2.28. The Morgan fingerprint density at radius 3 is 1.16 bits per heavy atom. The van der Waals surface area contributed by atoms with E-state index in [1.807, 2.05) is 0 Å². The number of hydrogen-bond acceptors (Lipinski definition) is 0. The fourth-order valence-corrected chi connectivity index (χ4v) is 10.1. The monoisotopic (exact) mass is 804 g/mol. The van der Waals surface area contributed by atoms with E-state index < -0.39 is 0 Å². The van der Waals surface area contributed by atoms with E-state index in [2.05, 4.69) is 253 Å². The van der Waals surface area contributed by atoms with Gasteiger partial charge in [-0.2, -0.15) is 0 Å². The van der Waals surface area contributed by atoms with Crippen LogP contribution in [-0.4, -0.2) is 9.13 Å². The largest absolute Gasteiger partial charge is 0.331 e. The van der Waals surface area contributed by atoms with Crippen LogP contribution in [0.25, 0.3) is 99.4 Å². The highest BCUT2D eigenvalue weighted by atomic mass is 15.1. The fraction of sp³-hybridized carbons (Fsp3) is 0.0492. The van der Waals surface area contributed by atoms with Gasteiger partial charge in [0, 0.05) is 38.3 Å². The van der Waals surface area contributed by atoms with E-state index in [0.29, 0.717) is 0 Å². The Balaban J connectivity index is 0.969. The van der Waals surface area contributed by atoms with Crippen LogP contribution in [0.4, 0.5) is 0 Å². The minimum absolute atomic E-state index is 0.220. The van der Waals surface area contributed by atoms with Gasteiger partial charge in [-0.1, -0.05) is 164 Å². The average molecular weight is 805 g/mol. The molecule has 63 heavy (non-hydrogen) atoms. The summed E-state index contributed by atoms with van der Waals surface area (Å²) in [6, 6.07) is 80.0. The second kappa shape index (κ2) is 14.9. The average Bonchev–Trinajstić information content (AvgIpc) is 3.88. The van der Waals surface area contributed by atoms with Gasteiger partial charge in [-0.15, -0.1) is 0 Å². The smallest absolute Gasteiger partial charge is 0.0643 e. The SMILES string of the molecule is CC1(n2c3ccccc3c3ccccc32)C=CC(c2cc(-c3ccccc3)cc(-c3cc(-c4ccccc4)cc(-c4ccc(-n5c6ccccc6c6ccccc65)cc4)c3)c2)=CC1. The molecule has 0 aliphatic heterocycles. The Hall–Kier alpha value is -7.94. The molecule has 298 valence electrons. The summed E-state index contributed by atoms with van der Waals surface area (Å²) >= 11 is 0. The molecule has 9 aromatic carbocycles. The van der Waals surface area contributed by atoms with Gasteiger partial charge in [0.25, 0.3) is 0 Å². The van der Waals surface area contributed by atoms with Crippen LogP contribution in [0.3, 0.4) is 0 Å². The molecule has 0 saturated carbocycles. The summed E-state index contributed by atoms with van der Waals surface area (Å²) in [5, 5.41) is 5.14. The van der Waals surface area contributed by atoms with Crippen LogP contribution in [0.1, 0.15) is 18.9 Å². The molecule has 0 saturated heterocycles. The second-order valence-electron chi connectivity index (χ2n) is 17.2. The minimum Gasteiger partial charge on any atom is -0.331 e. The number of hydrogen-bond donors (Lipinski definition) is 0. The molecule has 1 aliphatic carbocycles. The van der Waals surface area contributed by atoms with Crippen LogP contribution in [-0.2, 0) is 5.54 Å². The van der Waals surface area contributed by atoms with Crippen molar-refractivity contribution in [3.63, 3.8) is 0 Å². The zero-order valence-electron chi connectivity index (χ0n) is 35.1. The zero-order chi connectivity index (χ0) is 41.9. The van der Waals surface area contributed by atoms with Crippen molar-refractivity contribution in [1.29, 1.82) is 0 Å². The van der Waals surface area contributed by atoms with Gasteiger partial charge in [-0.25, -0.2) is 0 Å². The Morgan fingerprint density at radius 2 is 0.714 bits per heavy atom. The van der Waals surface area contributed by atoms with Crippen molar-refractivity contribution in [2.75, 3.05) is 0 Å². The third-order valence-corrected chi connectivity index (χ3v) is 13.2. The van der Waals surface area contributed by atoms with Gasteiger partial charge in [0.1, 0.15) is 0 Å². The van der Waals surface area contributed by atoms with Crippen molar-refractivity contribution < 1.29 is 0 Å². The van der Waals surface area contributed by atoms with Crippen LogP contribution in [0, 0.1) is 0 Å². The van der Waals surface area contributed by atoms with Crippen molar-refractivity contribution in [2.24, 2.45) is 0 Å². The van der Waals surface area contributed by atoms with Gasteiger partial charge in [0.15, 0.2) is 0 Å². The van der Waals surface area contributed by atoms with Gasteiger partial charge >= 0.3 is 0 Å². The lowest BCUT2D eigenvalue weighted by atomic mass is 9.85. The molecule has 1 atom stereocenters. The van der Waals surface area contributed by atoms with Crippen LogP contribution in [0.5, 0.6) is 0 Å². The zero-order valence-corrected chi connectivity index (χ0v) is 35.1. The third kappa shape index (κ3) is 6.34. The van der Waals surface area contributed by atoms with E-state index in [0.717, 1.165) is 12.1 Å². The van der Waals surface area contributed by atoms with Gasteiger partial charge in [-0.05, 0) is 142 Å².